The van der Waals surface area contributed by atoms with Crippen molar-refractivity contribution in [1.29, 1.82) is 0 Å². The number of likely N-dealkylation sites (N-methyl/N-ethyl adjacent to an activating group) is 2. The summed E-state index contributed by atoms with van der Waals surface area (Å²) in [5, 5.41) is 84.9. The van der Waals surface area contributed by atoms with E-state index in [2.05, 4.69) is 0 Å². The molecule has 0 spiro atoms. The van der Waals surface area contributed by atoms with Crippen LogP contribution in [0.2, 0.25) is 0 Å². The van der Waals surface area contributed by atoms with Crippen LogP contribution in [-0.4, -0.2) is 252 Å². The number of ether oxygens (including phenoxy) is 6. The Morgan fingerprint density at radius 2 is 0.879 bits per heavy atom. The van der Waals surface area contributed by atoms with Crippen molar-refractivity contribution in [3.05, 3.63) is 0 Å². The van der Waals surface area contributed by atoms with Crippen molar-refractivity contribution in [3.8, 4) is 0 Å². The molecule has 0 radical (unpaired) electrons. The van der Waals surface area contributed by atoms with Gasteiger partial charge in [0.15, 0.2) is 12.6 Å². The number of hydrogen-bond donors (Lipinski definition) is 16. The standard InChI is InChI=1S/C34H72N10O14/c1-43(9-13(45)11-53-31-23(47)15(37)5-17(39)29(31)57-33-21(41)27(51)25(49)19(7-35)55-33)3-4-44(2)10-14(46)12-54-32-24(48)16(38)6-18(40)30(32)58-34-22(42)28(52)26(50)20(8-36)56-34/h13-34,45-52H,3-12,35-42H2,1-2H3/t13-,14-,15-,16-,17+,18+,19-,20-,21-,22-,23+,24+,25-,26-,27-,28-,29-,30-,31-,32-,33-,34-/m1/s1. The minimum Gasteiger partial charge on any atom is -0.389 e. The Hall–Kier alpha value is -0.960. The van der Waals surface area contributed by atoms with Crippen LogP contribution in [0.4, 0.5) is 0 Å². The van der Waals surface area contributed by atoms with E-state index in [4.69, 9.17) is 74.3 Å². The third kappa shape index (κ3) is 12.4. The highest BCUT2D eigenvalue weighted by Gasteiger charge is 2.50. The number of nitrogens with zero attached hydrogens (tertiary/aromatic N) is 2. The lowest BCUT2D eigenvalue weighted by Crippen LogP contribution is -2.68. The van der Waals surface area contributed by atoms with Crippen LogP contribution in [0.15, 0.2) is 0 Å². The molecule has 4 aliphatic rings. The fourth-order valence-corrected chi connectivity index (χ4v) is 7.93. The van der Waals surface area contributed by atoms with Gasteiger partial charge in [0.05, 0.1) is 49.7 Å². The number of hydrogen-bond acceptors (Lipinski definition) is 24. The minimum absolute atomic E-state index is 0.113. The van der Waals surface area contributed by atoms with Crippen LogP contribution in [0.25, 0.3) is 0 Å². The van der Waals surface area contributed by atoms with Crippen molar-refractivity contribution in [1.82, 2.24) is 9.80 Å². The van der Waals surface area contributed by atoms with Crippen LogP contribution in [-0.2, 0) is 28.4 Å². The molecule has 58 heavy (non-hydrogen) atoms. The van der Waals surface area contributed by atoms with E-state index >= 15 is 0 Å². The van der Waals surface area contributed by atoms with E-state index in [1.54, 1.807) is 14.1 Å². The lowest BCUT2D eigenvalue weighted by molar-refractivity contribution is -0.292. The van der Waals surface area contributed by atoms with Crippen LogP contribution in [0, 0.1) is 0 Å². The third-order valence-electron chi connectivity index (χ3n) is 11.5. The summed E-state index contributed by atoms with van der Waals surface area (Å²) in [6.07, 6.45) is -18.1. The molecule has 0 aromatic heterocycles. The van der Waals surface area contributed by atoms with Crippen LogP contribution in [0.3, 0.4) is 0 Å². The molecule has 2 aliphatic carbocycles. The Bertz CT molecular complexity index is 1130. The van der Waals surface area contributed by atoms with Crippen molar-refractivity contribution < 1.29 is 69.3 Å². The molecule has 24 N–H and O–H groups in total. The van der Waals surface area contributed by atoms with Crippen molar-refractivity contribution >= 4 is 0 Å². The molecular formula is C34H72N10O14. The molecule has 2 aliphatic heterocycles. The SMILES string of the molecule is CN(CCN(C)C[C@@H](O)CO[C@@H]1[C@@H](O)[C@H](N)C[C@H](N)[C@H]1O[C@H]1O[C@H](CN)[C@@H](O)[C@H](O)[C@H]1N)C[C@@H](O)CO[C@@H]1[C@@H](O)[C@H](N)C[C@H](N)[C@H]1O[C@H]1O[C@H](CN)[C@@H](O)[C@H](O)[C@H]1N. The Morgan fingerprint density at radius 1 is 0.534 bits per heavy atom. The maximum Gasteiger partial charge on any atom is 0.176 e. The fourth-order valence-electron chi connectivity index (χ4n) is 7.93. The first-order valence-corrected chi connectivity index (χ1v) is 19.9. The van der Waals surface area contributed by atoms with Gasteiger partial charge in [-0.25, -0.2) is 0 Å². The van der Waals surface area contributed by atoms with E-state index in [-0.39, 0.29) is 52.2 Å². The molecule has 4 rings (SSSR count). The van der Waals surface area contributed by atoms with Crippen molar-refractivity contribution in [2.75, 3.05) is 66.6 Å². The number of nitrogens with two attached hydrogens (primary N) is 8. The number of rotatable bonds is 19. The Labute approximate surface area is 338 Å². The first kappa shape index (κ1) is 49.7. The van der Waals surface area contributed by atoms with Crippen molar-refractivity contribution in [2.45, 2.75) is 147 Å². The lowest BCUT2D eigenvalue weighted by atomic mass is 9.84. The second-order valence-corrected chi connectivity index (χ2v) is 16.4. The first-order chi connectivity index (χ1) is 27.3. The molecule has 4 fully saturated rings. The summed E-state index contributed by atoms with van der Waals surface area (Å²) < 4.78 is 35.4. The largest absolute Gasteiger partial charge is 0.389 e. The molecule has 0 amide bonds. The van der Waals surface area contributed by atoms with Crippen LogP contribution >= 0.6 is 0 Å². The van der Waals surface area contributed by atoms with Gasteiger partial charge in [0.1, 0.15) is 61.0 Å². The zero-order valence-corrected chi connectivity index (χ0v) is 33.3. The van der Waals surface area contributed by atoms with Crippen LogP contribution in [0.5, 0.6) is 0 Å². The van der Waals surface area contributed by atoms with E-state index in [1.807, 2.05) is 9.80 Å². The van der Waals surface area contributed by atoms with E-state index in [9.17, 15) is 40.9 Å². The molecule has 0 unspecified atom stereocenters. The average molecular weight is 845 g/mol. The highest BCUT2D eigenvalue weighted by molar-refractivity contribution is 5.02. The van der Waals surface area contributed by atoms with Gasteiger partial charge in [-0.1, -0.05) is 0 Å². The second kappa shape index (κ2) is 22.4. The molecule has 2 heterocycles. The highest BCUT2D eigenvalue weighted by Crippen LogP contribution is 2.30. The molecule has 0 aromatic carbocycles. The van der Waals surface area contributed by atoms with Crippen LogP contribution < -0.4 is 45.9 Å². The summed E-state index contributed by atoms with van der Waals surface area (Å²) in [7, 11) is 3.57. The second-order valence-electron chi connectivity index (χ2n) is 16.4. The number of aliphatic hydroxyl groups is 8. The molecule has 342 valence electrons. The van der Waals surface area contributed by atoms with E-state index in [1.165, 1.54) is 0 Å². The summed E-state index contributed by atoms with van der Waals surface area (Å²) in [4.78, 5) is 3.69. The topological polar surface area (TPSA) is 432 Å². The molecule has 22 atom stereocenters. The molecule has 0 aromatic rings. The molecule has 2 saturated heterocycles. The minimum atomic E-state index is -1.39. The van der Waals surface area contributed by atoms with Crippen LogP contribution in [0.1, 0.15) is 12.8 Å². The predicted octanol–water partition coefficient (Wildman–Crippen LogP) is -10.6. The Kier molecular flexibility index (Phi) is 19.2. The summed E-state index contributed by atoms with van der Waals surface area (Å²) >= 11 is 0. The first-order valence-electron chi connectivity index (χ1n) is 19.9. The fraction of sp³-hybridized carbons (Fsp3) is 1.00. The number of aliphatic hydroxyl groups excluding tert-OH is 8. The Balaban J connectivity index is 1.23. The monoisotopic (exact) mass is 845 g/mol. The smallest absolute Gasteiger partial charge is 0.176 e. The van der Waals surface area contributed by atoms with Gasteiger partial charge in [-0.3, -0.25) is 0 Å². The van der Waals surface area contributed by atoms with Crippen molar-refractivity contribution in [2.24, 2.45) is 45.9 Å². The molecule has 0 bridgehead atoms. The predicted molar refractivity (Wildman–Crippen MR) is 205 cm³/mol. The summed E-state index contributed by atoms with van der Waals surface area (Å²) in [5.41, 5.74) is 48.5. The van der Waals surface area contributed by atoms with Gasteiger partial charge in [-0.2, -0.15) is 0 Å². The zero-order chi connectivity index (χ0) is 43.2. The zero-order valence-electron chi connectivity index (χ0n) is 33.3. The van der Waals surface area contributed by atoms with Gasteiger partial charge in [-0.05, 0) is 26.9 Å². The van der Waals surface area contributed by atoms with Gasteiger partial charge < -0.3 is 125 Å². The lowest BCUT2D eigenvalue weighted by Gasteiger charge is -2.47. The molecule has 2 saturated carbocycles. The van der Waals surface area contributed by atoms with Crippen molar-refractivity contribution in [3.63, 3.8) is 0 Å². The average Bonchev–Trinajstić information content (AvgIpc) is 3.17. The molecule has 24 heteroatoms. The van der Waals surface area contributed by atoms with E-state index < -0.39 is 134 Å². The normalized spacial score (nSPS) is 45.1. The summed E-state index contributed by atoms with van der Waals surface area (Å²) in [6, 6.07) is -5.25. The van der Waals surface area contributed by atoms with Gasteiger partial charge in [0, 0.05) is 63.4 Å². The molecular weight excluding hydrogens is 772 g/mol. The maximum absolute atomic E-state index is 10.9. The van der Waals surface area contributed by atoms with E-state index in [0.717, 1.165) is 0 Å². The third-order valence-corrected chi connectivity index (χ3v) is 11.5. The quantitative estimate of drug-likeness (QED) is 0.0574. The van der Waals surface area contributed by atoms with E-state index in [0.29, 0.717) is 13.1 Å². The highest BCUT2D eigenvalue weighted by atomic mass is 16.7. The maximum atomic E-state index is 10.9. The van der Waals surface area contributed by atoms with Gasteiger partial charge in [-0.15, -0.1) is 0 Å². The molecule has 24 nitrogen and oxygen atoms in total. The summed E-state index contributed by atoms with van der Waals surface area (Å²) in [6.45, 7) is 0.605. The summed E-state index contributed by atoms with van der Waals surface area (Å²) in [5.74, 6) is 0. The van der Waals surface area contributed by atoms with Gasteiger partial charge >= 0.3 is 0 Å². The van der Waals surface area contributed by atoms with Gasteiger partial charge in [0.2, 0.25) is 0 Å². The van der Waals surface area contributed by atoms with Gasteiger partial charge in [0.25, 0.3) is 0 Å². The Morgan fingerprint density at radius 3 is 1.21 bits per heavy atom.